The minimum atomic E-state index is 0.914. The van der Waals surface area contributed by atoms with Crippen molar-refractivity contribution in [2.75, 3.05) is 0 Å². The molecule has 1 aromatic heterocycles. The summed E-state index contributed by atoms with van der Waals surface area (Å²) in [6.45, 7) is 0. The summed E-state index contributed by atoms with van der Waals surface area (Å²) in [7, 11) is 0. The molecule has 0 bridgehead atoms. The molecule has 0 unspecified atom stereocenters. The fraction of sp³-hybridized carbons (Fsp3) is 0. The third kappa shape index (κ3) is 3.06. The zero-order valence-electron chi connectivity index (χ0n) is 23.3. The quantitative estimate of drug-likeness (QED) is 0.197. The average Bonchev–Trinajstić information content (AvgIpc) is 3.62. The molecule has 43 heavy (non-hydrogen) atoms. The molecule has 0 saturated carbocycles. The van der Waals surface area contributed by atoms with Gasteiger partial charge in [-0.05, 0) is 77.3 Å². The lowest BCUT2D eigenvalue weighted by atomic mass is 9.91. The van der Waals surface area contributed by atoms with Gasteiger partial charge >= 0.3 is 0 Å². The third-order valence-corrected chi connectivity index (χ3v) is 9.44. The highest BCUT2D eigenvalue weighted by molar-refractivity contribution is 6.23. The normalized spacial score (nSPS) is 12.2. The van der Waals surface area contributed by atoms with Gasteiger partial charge in [-0.3, -0.25) is 0 Å². The lowest BCUT2D eigenvalue weighted by molar-refractivity contribution is 0.670. The third-order valence-electron chi connectivity index (χ3n) is 9.44. The molecule has 1 heterocycles. The number of benzene rings is 8. The first-order chi connectivity index (χ1) is 21.3. The van der Waals surface area contributed by atoms with Gasteiger partial charge in [0.2, 0.25) is 0 Å². The fourth-order valence-electron chi connectivity index (χ4n) is 7.60. The molecule has 0 spiro atoms. The zero-order chi connectivity index (χ0) is 28.1. The van der Waals surface area contributed by atoms with E-state index in [0.29, 0.717) is 0 Å². The molecule has 0 saturated heterocycles. The van der Waals surface area contributed by atoms with Crippen LogP contribution in [-0.4, -0.2) is 0 Å². The van der Waals surface area contributed by atoms with Crippen molar-refractivity contribution in [3.63, 3.8) is 0 Å². The lowest BCUT2D eigenvalue weighted by Crippen LogP contribution is -1.85. The average molecular weight is 545 g/mol. The molecular formula is C42H24O. The Balaban J connectivity index is 1.25. The summed E-state index contributed by atoms with van der Waals surface area (Å²) in [5.41, 5.74) is 11.9. The van der Waals surface area contributed by atoms with Crippen LogP contribution in [0.25, 0.3) is 98.8 Å². The van der Waals surface area contributed by atoms with E-state index in [0.717, 1.165) is 22.1 Å². The first-order valence-electron chi connectivity index (χ1n) is 14.9. The van der Waals surface area contributed by atoms with Crippen molar-refractivity contribution in [3.8, 4) is 44.5 Å². The minimum absolute atomic E-state index is 0.914. The summed E-state index contributed by atoms with van der Waals surface area (Å²) >= 11 is 0. The van der Waals surface area contributed by atoms with Gasteiger partial charge < -0.3 is 4.42 Å². The van der Waals surface area contributed by atoms with Crippen molar-refractivity contribution in [1.82, 2.24) is 0 Å². The summed E-state index contributed by atoms with van der Waals surface area (Å²) in [4.78, 5) is 0. The van der Waals surface area contributed by atoms with Crippen LogP contribution >= 0.6 is 0 Å². The monoisotopic (exact) mass is 544 g/mol. The Kier molecular flexibility index (Phi) is 4.51. The van der Waals surface area contributed by atoms with Crippen LogP contribution in [0.15, 0.2) is 150 Å². The first kappa shape index (κ1) is 23.0. The van der Waals surface area contributed by atoms with E-state index in [9.17, 15) is 0 Å². The van der Waals surface area contributed by atoms with Crippen LogP contribution in [-0.2, 0) is 0 Å². The van der Waals surface area contributed by atoms with E-state index in [2.05, 4.69) is 146 Å². The van der Waals surface area contributed by atoms with Gasteiger partial charge in [-0.1, -0.05) is 140 Å². The Hall–Kier alpha value is -5.66. The molecule has 9 aromatic rings. The van der Waals surface area contributed by atoms with Crippen LogP contribution in [0, 0.1) is 0 Å². The van der Waals surface area contributed by atoms with E-state index in [4.69, 9.17) is 4.42 Å². The van der Waals surface area contributed by atoms with Crippen LogP contribution in [0.5, 0.6) is 0 Å². The van der Waals surface area contributed by atoms with Crippen molar-refractivity contribution >= 4 is 54.3 Å². The lowest BCUT2D eigenvalue weighted by Gasteiger charge is -2.11. The largest absolute Gasteiger partial charge is 0.455 e. The minimum Gasteiger partial charge on any atom is -0.455 e. The molecule has 1 aliphatic rings. The van der Waals surface area contributed by atoms with Gasteiger partial charge in [0.1, 0.15) is 11.2 Å². The Labute approximate surface area is 248 Å². The van der Waals surface area contributed by atoms with Crippen LogP contribution in [0.4, 0.5) is 0 Å². The standard InChI is InChI=1S/C42H24O/c1-2-10-26-25(9-1)21-22-31-27(26)13-5-14-30(31)37-18-7-19-38-41-35(17-8-20-39(41)43-42(37)38)32-23-24-36-29-12-4-3-11-28(29)33-15-6-16-34(32)40(33)36/h1-24H. The predicted octanol–water partition coefficient (Wildman–Crippen LogP) is 12.0. The molecule has 1 heteroatoms. The smallest absolute Gasteiger partial charge is 0.143 e. The Morgan fingerprint density at radius 2 is 0.837 bits per heavy atom. The maximum absolute atomic E-state index is 6.76. The molecule has 1 aliphatic carbocycles. The number of hydrogen-bond donors (Lipinski definition) is 0. The van der Waals surface area contributed by atoms with Crippen molar-refractivity contribution in [2.45, 2.75) is 0 Å². The molecule has 0 radical (unpaired) electrons. The molecule has 0 aliphatic heterocycles. The summed E-state index contributed by atoms with van der Waals surface area (Å²) in [6.07, 6.45) is 0. The van der Waals surface area contributed by atoms with Gasteiger partial charge in [0.05, 0.1) is 0 Å². The van der Waals surface area contributed by atoms with E-state index in [1.54, 1.807) is 0 Å². The van der Waals surface area contributed by atoms with Crippen molar-refractivity contribution in [2.24, 2.45) is 0 Å². The highest BCUT2D eigenvalue weighted by atomic mass is 16.3. The van der Waals surface area contributed by atoms with Gasteiger partial charge in [0, 0.05) is 16.3 Å². The number of para-hydroxylation sites is 1. The molecule has 198 valence electrons. The van der Waals surface area contributed by atoms with Crippen molar-refractivity contribution in [3.05, 3.63) is 146 Å². The maximum atomic E-state index is 6.76. The molecule has 10 rings (SSSR count). The summed E-state index contributed by atoms with van der Waals surface area (Å²) in [5, 5.41) is 9.97. The fourth-order valence-corrected chi connectivity index (χ4v) is 7.60. The molecule has 0 fully saturated rings. The van der Waals surface area contributed by atoms with Crippen LogP contribution in [0.1, 0.15) is 0 Å². The molecular weight excluding hydrogens is 520 g/mol. The van der Waals surface area contributed by atoms with Crippen LogP contribution in [0.2, 0.25) is 0 Å². The number of furan rings is 1. The van der Waals surface area contributed by atoms with E-state index in [-0.39, 0.29) is 0 Å². The summed E-state index contributed by atoms with van der Waals surface area (Å²) < 4.78 is 6.76. The second kappa shape index (κ2) is 8.44. The summed E-state index contributed by atoms with van der Waals surface area (Å²) in [6, 6.07) is 52.9. The van der Waals surface area contributed by atoms with Gasteiger partial charge in [-0.25, -0.2) is 0 Å². The maximum Gasteiger partial charge on any atom is 0.143 e. The highest BCUT2D eigenvalue weighted by Crippen LogP contribution is 2.50. The molecule has 8 aromatic carbocycles. The second-order valence-corrected chi connectivity index (χ2v) is 11.6. The van der Waals surface area contributed by atoms with Gasteiger partial charge in [0.25, 0.3) is 0 Å². The van der Waals surface area contributed by atoms with Crippen molar-refractivity contribution in [1.29, 1.82) is 0 Å². The number of hydrogen-bond acceptors (Lipinski definition) is 1. The van der Waals surface area contributed by atoms with Crippen LogP contribution in [0.3, 0.4) is 0 Å². The van der Waals surface area contributed by atoms with Gasteiger partial charge in [0.15, 0.2) is 0 Å². The topological polar surface area (TPSA) is 13.1 Å². The van der Waals surface area contributed by atoms with Crippen LogP contribution < -0.4 is 0 Å². The van der Waals surface area contributed by atoms with E-state index in [1.165, 1.54) is 76.6 Å². The Morgan fingerprint density at radius 1 is 0.279 bits per heavy atom. The number of fused-ring (bicyclic) bond motifs is 9. The van der Waals surface area contributed by atoms with E-state index < -0.39 is 0 Å². The second-order valence-electron chi connectivity index (χ2n) is 11.6. The Bertz CT molecular complexity index is 2590. The van der Waals surface area contributed by atoms with E-state index >= 15 is 0 Å². The predicted molar refractivity (Wildman–Crippen MR) is 182 cm³/mol. The number of rotatable bonds is 2. The molecule has 1 nitrogen and oxygen atoms in total. The molecule has 0 N–H and O–H groups in total. The Morgan fingerprint density at radius 3 is 1.70 bits per heavy atom. The first-order valence-corrected chi connectivity index (χ1v) is 14.9. The van der Waals surface area contributed by atoms with Crippen molar-refractivity contribution < 1.29 is 4.42 Å². The molecule has 0 amide bonds. The van der Waals surface area contributed by atoms with Gasteiger partial charge in [-0.15, -0.1) is 0 Å². The SMILES string of the molecule is c1ccc2c(c1)-c1cccc3c(-c4cccc5oc6c(-c7cccc8c7ccc7ccccc78)cccc6c45)ccc-2c13. The van der Waals surface area contributed by atoms with Gasteiger partial charge in [-0.2, -0.15) is 0 Å². The summed E-state index contributed by atoms with van der Waals surface area (Å²) in [5.74, 6) is 0. The zero-order valence-corrected chi connectivity index (χ0v) is 23.3. The highest BCUT2D eigenvalue weighted by Gasteiger charge is 2.24. The molecule has 0 atom stereocenters. The van der Waals surface area contributed by atoms with E-state index in [1.807, 2.05) is 0 Å².